The molecule has 29 heavy (non-hydrogen) atoms. The van der Waals surface area contributed by atoms with Gasteiger partial charge in [0.1, 0.15) is 0 Å². The summed E-state index contributed by atoms with van der Waals surface area (Å²) >= 11 is 2.20. The number of pyridine rings is 1. The predicted molar refractivity (Wildman–Crippen MR) is 117 cm³/mol. The topological polar surface area (TPSA) is 33.1 Å². The van der Waals surface area contributed by atoms with E-state index < -0.39 is 17.8 Å². The van der Waals surface area contributed by atoms with Crippen LogP contribution in [0, 0.1) is 12.3 Å². The molecule has 2 aromatic rings. The third-order valence-electron chi connectivity index (χ3n) is 5.68. The van der Waals surface area contributed by atoms with E-state index in [0.717, 1.165) is 40.6 Å². The molecule has 0 fully saturated rings. The summed E-state index contributed by atoms with van der Waals surface area (Å²) in [5.41, 5.74) is 4.49. The molecule has 6 heteroatoms. The Labute approximate surface area is 184 Å². The zero-order valence-corrected chi connectivity index (χ0v) is 19.5. The minimum Gasteiger partial charge on any atom is -0.388 e. The van der Waals surface area contributed by atoms with Crippen molar-refractivity contribution in [3.8, 4) is 0 Å². The second kappa shape index (κ2) is 7.84. The molecule has 0 amide bonds. The molecule has 0 saturated heterocycles. The van der Waals surface area contributed by atoms with Crippen LogP contribution in [0.1, 0.15) is 89.3 Å². The van der Waals surface area contributed by atoms with Crippen LogP contribution in [0.25, 0.3) is 0 Å². The molecular formula is C23H27F3INO. The lowest BCUT2D eigenvalue weighted by Crippen LogP contribution is -2.29. The predicted octanol–water partition coefficient (Wildman–Crippen LogP) is 7.06. The van der Waals surface area contributed by atoms with Gasteiger partial charge < -0.3 is 5.11 Å². The Morgan fingerprint density at radius 2 is 1.90 bits per heavy atom. The summed E-state index contributed by atoms with van der Waals surface area (Å²) in [5, 5.41) is 10.8. The van der Waals surface area contributed by atoms with Crippen LogP contribution < -0.4 is 0 Å². The van der Waals surface area contributed by atoms with E-state index in [0.29, 0.717) is 12.0 Å². The van der Waals surface area contributed by atoms with Crippen molar-refractivity contribution in [1.82, 2.24) is 4.98 Å². The first-order valence-corrected chi connectivity index (χ1v) is 11.1. The summed E-state index contributed by atoms with van der Waals surface area (Å²) in [7, 11) is 0. The second-order valence-corrected chi connectivity index (χ2v) is 10.3. The standard InChI is InChI=1S/C23H27F3INO/c1-12(2)21-19(20(27)14-7-6-8-15(9-14)23(24,25)26)13(3)18-16(28-21)10-22(4,5)11-17(18)29/h6-9,12,17,20,29H,10-11H2,1-5H3/t17?,20-/m1/s1. The number of hydrogen-bond acceptors (Lipinski definition) is 2. The summed E-state index contributed by atoms with van der Waals surface area (Å²) in [4.78, 5) is 4.95. The van der Waals surface area contributed by atoms with E-state index in [2.05, 4.69) is 50.3 Å². The number of hydrogen-bond donors (Lipinski definition) is 1. The van der Waals surface area contributed by atoms with E-state index in [9.17, 15) is 18.3 Å². The van der Waals surface area contributed by atoms with E-state index in [-0.39, 0.29) is 15.3 Å². The van der Waals surface area contributed by atoms with Crippen molar-refractivity contribution < 1.29 is 18.3 Å². The minimum atomic E-state index is -4.38. The summed E-state index contributed by atoms with van der Waals surface area (Å²) in [6.07, 6.45) is -3.54. The van der Waals surface area contributed by atoms with Crippen molar-refractivity contribution in [2.24, 2.45) is 5.41 Å². The fraction of sp³-hybridized carbons (Fsp3) is 0.522. The highest BCUT2D eigenvalue weighted by Crippen LogP contribution is 2.46. The number of fused-ring (bicyclic) bond motifs is 1. The van der Waals surface area contributed by atoms with E-state index in [1.54, 1.807) is 6.07 Å². The largest absolute Gasteiger partial charge is 0.416 e. The van der Waals surface area contributed by atoms with Gasteiger partial charge in [0.05, 0.1) is 15.6 Å². The molecule has 0 aliphatic heterocycles. The van der Waals surface area contributed by atoms with Crippen LogP contribution in [0.5, 0.6) is 0 Å². The van der Waals surface area contributed by atoms with Crippen molar-refractivity contribution in [2.75, 3.05) is 0 Å². The van der Waals surface area contributed by atoms with Gasteiger partial charge in [-0.2, -0.15) is 13.2 Å². The smallest absolute Gasteiger partial charge is 0.388 e. The summed E-state index contributed by atoms with van der Waals surface area (Å²) in [6.45, 7) is 10.3. The van der Waals surface area contributed by atoms with Crippen LogP contribution in [0.3, 0.4) is 0 Å². The Bertz CT molecular complexity index is 921. The Morgan fingerprint density at radius 3 is 2.48 bits per heavy atom. The van der Waals surface area contributed by atoms with E-state index in [4.69, 9.17) is 4.98 Å². The molecule has 2 atom stereocenters. The molecule has 1 unspecified atom stereocenters. The summed E-state index contributed by atoms with van der Waals surface area (Å²) in [5.74, 6) is 0.124. The molecule has 0 bridgehead atoms. The lowest BCUT2D eigenvalue weighted by Gasteiger charge is -2.36. The maximum Gasteiger partial charge on any atom is 0.416 e. The second-order valence-electron chi connectivity index (χ2n) is 9.10. The highest BCUT2D eigenvalue weighted by Gasteiger charge is 2.36. The summed E-state index contributed by atoms with van der Waals surface area (Å²) < 4.78 is 39.4. The highest BCUT2D eigenvalue weighted by molar-refractivity contribution is 14.1. The molecule has 1 N–H and O–H groups in total. The third kappa shape index (κ3) is 4.48. The van der Waals surface area contributed by atoms with Gasteiger partial charge in [-0.15, -0.1) is 0 Å². The molecule has 0 spiro atoms. The molecule has 1 aromatic carbocycles. The Morgan fingerprint density at radius 1 is 1.24 bits per heavy atom. The normalized spacial score (nSPS) is 19.9. The van der Waals surface area contributed by atoms with Gasteiger partial charge in [0.25, 0.3) is 0 Å². The molecular weight excluding hydrogens is 490 g/mol. The molecule has 158 valence electrons. The fourth-order valence-electron chi connectivity index (χ4n) is 4.35. The Balaban J connectivity index is 2.18. The molecule has 1 aliphatic rings. The quantitative estimate of drug-likeness (QED) is 0.349. The number of aromatic nitrogens is 1. The molecule has 1 aromatic heterocycles. The zero-order chi connectivity index (χ0) is 21.7. The molecule has 1 heterocycles. The first-order valence-electron chi connectivity index (χ1n) is 9.84. The number of alkyl halides is 4. The number of benzene rings is 1. The van der Waals surface area contributed by atoms with Crippen molar-refractivity contribution in [3.05, 3.63) is 63.5 Å². The van der Waals surface area contributed by atoms with Gasteiger partial charge in [-0.1, -0.05) is 68.5 Å². The molecule has 1 aliphatic carbocycles. The van der Waals surface area contributed by atoms with Crippen LogP contribution in [0.15, 0.2) is 24.3 Å². The fourth-order valence-corrected chi connectivity index (χ4v) is 5.52. The lowest BCUT2D eigenvalue weighted by molar-refractivity contribution is -0.137. The van der Waals surface area contributed by atoms with Gasteiger partial charge in [0, 0.05) is 17.0 Å². The van der Waals surface area contributed by atoms with Crippen LogP contribution in [0.2, 0.25) is 0 Å². The average Bonchev–Trinajstić information content (AvgIpc) is 2.58. The maximum absolute atomic E-state index is 13.2. The van der Waals surface area contributed by atoms with Gasteiger partial charge >= 0.3 is 6.18 Å². The van der Waals surface area contributed by atoms with Crippen molar-refractivity contribution in [3.63, 3.8) is 0 Å². The number of aliphatic hydroxyl groups excluding tert-OH is 1. The molecule has 0 saturated carbocycles. The summed E-state index contributed by atoms with van der Waals surface area (Å²) in [6, 6.07) is 5.51. The van der Waals surface area contributed by atoms with Crippen LogP contribution in [0.4, 0.5) is 13.2 Å². The van der Waals surface area contributed by atoms with E-state index in [1.165, 1.54) is 12.1 Å². The first kappa shape index (κ1) is 22.5. The first-order chi connectivity index (χ1) is 13.3. The number of rotatable bonds is 3. The van der Waals surface area contributed by atoms with Gasteiger partial charge in [-0.3, -0.25) is 4.98 Å². The Kier molecular flexibility index (Phi) is 6.09. The third-order valence-corrected chi connectivity index (χ3v) is 7.02. The number of aliphatic hydroxyl groups is 1. The van der Waals surface area contributed by atoms with Crippen LogP contribution >= 0.6 is 22.6 Å². The van der Waals surface area contributed by atoms with Gasteiger partial charge in [-0.25, -0.2) is 0 Å². The monoisotopic (exact) mass is 517 g/mol. The van der Waals surface area contributed by atoms with Crippen molar-refractivity contribution >= 4 is 22.6 Å². The minimum absolute atomic E-state index is 0.0353. The van der Waals surface area contributed by atoms with Crippen LogP contribution in [-0.4, -0.2) is 10.1 Å². The van der Waals surface area contributed by atoms with Crippen LogP contribution in [-0.2, 0) is 12.6 Å². The highest BCUT2D eigenvalue weighted by atomic mass is 127. The van der Waals surface area contributed by atoms with Gasteiger partial charge in [-0.05, 0) is 53.9 Å². The number of nitrogens with zero attached hydrogens (tertiary/aromatic N) is 1. The van der Waals surface area contributed by atoms with Crippen molar-refractivity contribution in [1.29, 1.82) is 0 Å². The molecule has 3 rings (SSSR count). The molecule has 0 radical (unpaired) electrons. The zero-order valence-electron chi connectivity index (χ0n) is 17.4. The van der Waals surface area contributed by atoms with Crippen molar-refractivity contribution in [2.45, 2.75) is 69.6 Å². The van der Waals surface area contributed by atoms with E-state index >= 15 is 0 Å². The lowest BCUT2D eigenvalue weighted by atomic mass is 9.72. The molecule has 2 nitrogen and oxygen atoms in total. The Hall–Kier alpha value is -1.15. The van der Waals surface area contributed by atoms with E-state index in [1.807, 2.05) is 6.92 Å². The SMILES string of the molecule is Cc1c2c(nc(C(C)C)c1[C@H](I)c1cccc(C(F)(F)F)c1)CC(C)(C)CC2O. The maximum atomic E-state index is 13.2. The average molecular weight is 517 g/mol. The number of halogens is 4. The van der Waals surface area contributed by atoms with Gasteiger partial charge in [0.2, 0.25) is 0 Å². The van der Waals surface area contributed by atoms with Gasteiger partial charge in [0.15, 0.2) is 0 Å².